The van der Waals surface area contributed by atoms with Gasteiger partial charge in [-0.25, -0.2) is 22.4 Å². The summed E-state index contributed by atoms with van der Waals surface area (Å²) in [5.41, 5.74) is -1.95. The van der Waals surface area contributed by atoms with E-state index in [-0.39, 0.29) is 0 Å². The van der Waals surface area contributed by atoms with Gasteiger partial charge in [0.15, 0.2) is 11.6 Å². The lowest BCUT2D eigenvalue weighted by Gasteiger charge is -2.08. The van der Waals surface area contributed by atoms with Gasteiger partial charge in [0.1, 0.15) is 0 Å². The zero-order chi connectivity index (χ0) is 11.6. The second kappa shape index (κ2) is 4.29. The van der Waals surface area contributed by atoms with Crippen LogP contribution in [0.25, 0.3) is 0 Å². The van der Waals surface area contributed by atoms with E-state index in [1.54, 1.807) is 0 Å². The van der Waals surface area contributed by atoms with Gasteiger partial charge in [-0.1, -0.05) is 0 Å². The van der Waals surface area contributed by atoms with E-state index in [0.29, 0.717) is 6.07 Å². The standard InChI is InChI=1S/C9H6F4O2/c1-15-9(14)4-2-3-5(10)7(11)6(4)8(12)13/h2-3,8H,1H3. The number of benzene rings is 1. The van der Waals surface area contributed by atoms with Crippen molar-refractivity contribution in [1.82, 2.24) is 0 Å². The van der Waals surface area contributed by atoms with Crippen LogP contribution in [-0.2, 0) is 4.74 Å². The van der Waals surface area contributed by atoms with Crippen LogP contribution < -0.4 is 0 Å². The molecule has 0 aromatic heterocycles. The van der Waals surface area contributed by atoms with Crippen molar-refractivity contribution in [2.75, 3.05) is 7.11 Å². The van der Waals surface area contributed by atoms with Crippen LogP contribution in [-0.4, -0.2) is 13.1 Å². The number of esters is 1. The zero-order valence-electron chi connectivity index (χ0n) is 7.56. The van der Waals surface area contributed by atoms with Gasteiger partial charge < -0.3 is 4.74 Å². The van der Waals surface area contributed by atoms with Crippen molar-refractivity contribution in [2.24, 2.45) is 0 Å². The molecule has 0 N–H and O–H groups in total. The van der Waals surface area contributed by atoms with Crippen LogP contribution >= 0.6 is 0 Å². The minimum atomic E-state index is -3.28. The van der Waals surface area contributed by atoms with Crippen molar-refractivity contribution >= 4 is 5.97 Å². The Kier molecular flexibility index (Phi) is 3.28. The van der Waals surface area contributed by atoms with Crippen LogP contribution in [0.5, 0.6) is 0 Å². The summed E-state index contributed by atoms with van der Waals surface area (Å²) < 4.78 is 54.4. The monoisotopic (exact) mass is 222 g/mol. The van der Waals surface area contributed by atoms with E-state index in [9.17, 15) is 22.4 Å². The second-order valence-electron chi connectivity index (χ2n) is 2.61. The molecule has 0 atom stereocenters. The highest BCUT2D eigenvalue weighted by molar-refractivity contribution is 5.91. The molecule has 0 saturated carbocycles. The summed E-state index contributed by atoms with van der Waals surface area (Å²) in [7, 11) is 0.957. The maximum absolute atomic E-state index is 12.9. The summed E-state index contributed by atoms with van der Waals surface area (Å²) in [4.78, 5) is 11.0. The molecule has 0 aliphatic heterocycles. The molecule has 0 radical (unpaired) electrons. The summed E-state index contributed by atoms with van der Waals surface area (Å²) in [6.45, 7) is 0. The summed E-state index contributed by atoms with van der Waals surface area (Å²) in [5, 5.41) is 0. The van der Waals surface area contributed by atoms with Gasteiger partial charge in [-0.3, -0.25) is 0 Å². The predicted molar refractivity (Wildman–Crippen MR) is 42.7 cm³/mol. The molecule has 1 aromatic carbocycles. The number of alkyl halides is 2. The van der Waals surface area contributed by atoms with Gasteiger partial charge in [-0.05, 0) is 12.1 Å². The molecule has 0 fully saturated rings. The maximum atomic E-state index is 12.9. The molecule has 0 saturated heterocycles. The number of hydrogen-bond acceptors (Lipinski definition) is 2. The Labute approximate surface area is 82.5 Å². The Bertz CT molecular complexity index is 390. The van der Waals surface area contributed by atoms with Gasteiger partial charge >= 0.3 is 5.97 Å². The maximum Gasteiger partial charge on any atom is 0.338 e. The molecule has 0 spiro atoms. The van der Waals surface area contributed by atoms with Crippen LogP contribution in [0.15, 0.2) is 12.1 Å². The van der Waals surface area contributed by atoms with E-state index in [2.05, 4.69) is 4.74 Å². The molecule has 15 heavy (non-hydrogen) atoms. The topological polar surface area (TPSA) is 26.3 Å². The van der Waals surface area contributed by atoms with E-state index in [0.717, 1.165) is 13.2 Å². The fourth-order valence-corrected chi connectivity index (χ4v) is 1.07. The minimum Gasteiger partial charge on any atom is -0.465 e. The summed E-state index contributed by atoms with van der Waals surface area (Å²) in [5.74, 6) is -4.30. The lowest BCUT2D eigenvalue weighted by molar-refractivity contribution is 0.0586. The molecule has 0 aliphatic carbocycles. The summed E-state index contributed by atoms with van der Waals surface area (Å²) in [6.07, 6.45) is -3.28. The third-order valence-corrected chi connectivity index (χ3v) is 1.76. The Morgan fingerprint density at radius 2 is 1.93 bits per heavy atom. The first-order valence-electron chi connectivity index (χ1n) is 3.83. The molecular formula is C9H6F4O2. The van der Waals surface area contributed by atoms with Gasteiger partial charge in [-0.2, -0.15) is 0 Å². The molecule has 2 nitrogen and oxygen atoms in total. The highest BCUT2D eigenvalue weighted by atomic mass is 19.3. The Morgan fingerprint density at radius 3 is 2.40 bits per heavy atom. The molecular weight excluding hydrogens is 216 g/mol. The minimum absolute atomic E-state index is 0.591. The van der Waals surface area contributed by atoms with Crippen LogP contribution in [0.3, 0.4) is 0 Å². The van der Waals surface area contributed by atoms with Crippen LogP contribution in [0.1, 0.15) is 22.3 Å². The molecule has 1 rings (SSSR count). The van der Waals surface area contributed by atoms with E-state index in [1.807, 2.05) is 0 Å². The number of methoxy groups -OCH3 is 1. The Hall–Kier alpha value is -1.59. The van der Waals surface area contributed by atoms with Crippen molar-refractivity contribution in [3.05, 3.63) is 34.9 Å². The fourth-order valence-electron chi connectivity index (χ4n) is 1.07. The molecule has 1 aromatic rings. The third kappa shape index (κ3) is 2.08. The lowest BCUT2D eigenvalue weighted by atomic mass is 10.1. The van der Waals surface area contributed by atoms with Crippen molar-refractivity contribution < 1.29 is 27.1 Å². The fraction of sp³-hybridized carbons (Fsp3) is 0.222. The average molecular weight is 222 g/mol. The number of rotatable bonds is 2. The number of halogens is 4. The number of ether oxygens (including phenoxy) is 1. The first kappa shape index (κ1) is 11.5. The average Bonchev–Trinajstić information content (AvgIpc) is 2.20. The molecule has 6 heteroatoms. The number of hydrogen-bond donors (Lipinski definition) is 0. The Balaban J connectivity index is 3.40. The predicted octanol–water partition coefficient (Wildman–Crippen LogP) is 2.69. The van der Waals surface area contributed by atoms with Crippen molar-refractivity contribution in [2.45, 2.75) is 6.43 Å². The van der Waals surface area contributed by atoms with Crippen LogP contribution in [0.4, 0.5) is 17.6 Å². The van der Waals surface area contributed by atoms with Crippen molar-refractivity contribution in [1.29, 1.82) is 0 Å². The number of carbonyl (C=O) groups excluding carboxylic acids is 1. The zero-order valence-corrected chi connectivity index (χ0v) is 7.56. The molecule has 0 bridgehead atoms. The second-order valence-corrected chi connectivity index (χ2v) is 2.61. The third-order valence-electron chi connectivity index (χ3n) is 1.76. The van der Waals surface area contributed by atoms with Crippen LogP contribution in [0.2, 0.25) is 0 Å². The van der Waals surface area contributed by atoms with E-state index >= 15 is 0 Å². The summed E-state index contributed by atoms with van der Waals surface area (Å²) >= 11 is 0. The van der Waals surface area contributed by atoms with Gasteiger partial charge in [-0.15, -0.1) is 0 Å². The number of carbonyl (C=O) groups is 1. The highest BCUT2D eigenvalue weighted by Gasteiger charge is 2.25. The lowest BCUT2D eigenvalue weighted by Crippen LogP contribution is -2.09. The van der Waals surface area contributed by atoms with Gasteiger partial charge in [0.25, 0.3) is 6.43 Å². The molecule has 0 unspecified atom stereocenters. The van der Waals surface area contributed by atoms with E-state index in [4.69, 9.17) is 0 Å². The first-order chi connectivity index (χ1) is 6.99. The molecule has 0 amide bonds. The van der Waals surface area contributed by atoms with Crippen molar-refractivity contribution in [3.63, 3.8) is 0 Å². The van der Waals surface area contributed by atoms with Gasteiger partial charge in [0.2, 0.25) is 0 Å². The quantitative estimate of drug-likeness (QED) is 0.568. The molecule has 0 heterocycles. The van der Waals surface area contributed by atoms with Crippen LogP contribution in [0, 0.1) is 11.6 Å². The smallest absolute Gasteiger partial charge is 0.338 e. The van der Waals surface area contributed by atoms with E-state index < -0.39 is 35.2 Å². The molecule has 82 valence electrons. The summed E-state index contributed by atoms with van der Waals surface area (Å²) in [6, 6.07) is 1.35. The van der Waals surface area contributed by atoms with E-state index in [1.165, 1.54) is 0 Å². The normalized spacial score (nSPS) is 10.5. The van der Waals surface area contributed by atoms with Gasteiger partial charge in [0.05, 0.1) is 18.2 Å². The van der Waals surface area contributed by atoms with Gasteiger partial charge in [0, 0.05) is 0 Å². The SMILES string of the molecule is COC(=O)c1ccc(F)c(F)c1C(F)F. The Morgan fingerprint density at radius 1 is 1.33 bits per heavy atom. The first-order valence-corrected chi connectivity index (χ1v) is 3.83. The largest absolute Gasteiger partial charge is 0.465 e. The highest BCUT2D eigenvalue weighted by Crippen LogP contribution is 2.27. The molecule has 0 aliphatic rings. The van der Waals surface area contributed by atoms with Crippen molar-refractivity contribution in [3.8, 4) is 0 Å².